The molecule has 7 aromatic carbocycles. The molecule has 0 N–H and O–H groups in total. The number of fused-ring (bicyclic) bond motifs is 3. The zero-order valence-electron chi connectivity index (χ0n) is 32.9. The molecular formula is C50H47N3O4. The van der Waals surface area contributed by atoms with Crippen molar-refractivity contribution < 1.29 is 18.9 Å². The van der Waals surface area contributed by atoms with Crippen LogP contribution in [-0.4, -0.2) is 31.0 Å². The highest BCUT2D eigenvalue weighted by Crippen LogP contribution is 2.44. The molecule has 0 aliphatic carbocycles. The SMILES string of the molecule is CCOc1cccc(N(c2cccc(OCC)c2)c2ccc3c(c2)c2cc(N(c4cccc(OCC)c4)c4cccc(OCC)c4)ccc2n3-c2ccccc2)c1. The zero-order chi connectivity index (χ0) is 39.1. The van der Waals surface area contributed by atoms with Gasteiger partial charge in [0.2, 0.25) is 0 Å². The van der Waals surface area contributed by atoms with Crippen molar-refractivity contribution in [1.82, 2.24) is 4.57 Å². The first-order valence-electron chi connectivity index (χ1n) is 19.7. The zero-order valence-corrected chi connectivity index (χ0v) is 32.9. The van der Waals surface area contributed by atoms with E-state index in [1.807, 2.05) is 76.2 Å². The summed E-state index contributed by atoms with van der Waals surface area (Å²) in [6, 6.07) is 57.1. The average molecular weight is 754 g/mol. The quantitative estimate of drug-likeness (QED) is 0.104. The second-order valence-corrected chi connectivity index (χ2v) is 13.5. The Kier molecular flexibility index (Phi) is 11.0. The lowest BCUT2D eigenvalue weighted by atomic mass is 10.1. The van der Waals surface area contributed by atoms with Crippen LogP contribution in [0.15, 0.2) is 164 Å². The smallest absolute Gasteiger partial charge is 0.121 e. The van der Waals surface area contributed by atoms with Crippen molar-refractivity contribution in [3.63, 3.8) is 0 Å². The van der Waals surface area contributed by atoms with Gasteiger partial charge in [0.05, 0.1) is 37.5 Å². The molecule has 1 aromatic heterocycles. The van der Waals surface area contributed by atoms with E-state index in [4.69, 9.17) is 18.9 Å². The minimum atomic E-state index is 0.583. The Morgan fingerprint density at radius 3 is 1.02 bits per heavy atom. The number of benzene rings is 7. The van der Waals surface area contributed by atoms with Gasteiger partial charge in [0.25, 0.3) is 0 Å². The molecule has 0 spiro atoms. The van der Waals surface area contributed by atoms with E-state index >= 15 is 0 Å². The molecule has 0 aliphatic heterocycles. The Labute approximate surface area is 334 Å². The lowest BCUT2D eigenvalue weighted by Gasteiger charge is -2.27. The van der Waals surface area contributed by atoms with Gasteiger partial charge in [-0.05, 0) is 125 Å². The third-order valence-electron chi connectivity index (χ3n) is 9.81. The van der Waals surface area contributed by atoms with E-state index in [2.05, 4.69) is 130 Å². The average Bonchev–Trinajstić information content (AvgIpc) is 3.56. The molecule has 286 valence electrons. The Morgan fingerprint density at radius 1 is 0.351 bits per heavy atom. The van der Waals surface area contributed by atoms with Crippen LogP contribution in [0, 0.1) is 0 Å². The monoisotopic (exact) mass is 753 g/mol. The van der Waals surface area contributed by atoms with Gasteiger partial charge in [-0.25, -0.2) is 0 Å². The first-order valence-corrected chi connectivity index (χ1v) is 19.7. The summed E-state index contributed by atoms with van der Waals surface area (Å²) in [5.74, 6) is 3.26. The summed E-state index contributed by atoms with van der Waals surface area (Å²) in [4.78, 5) is 4.54. The maximum Gasteiger partial charge on any atom is 0.121 e. The van der Waals surface area contributed by atoms with Gasteiger partial charge < -0.3 is 33.3 Å². The van der Waals surface area contributed by atoms with E-state index in [0.29, 0.717) is 26.4 Å². The van der Waals surface area contributed by atoms with Gasteiger partial charge in [-0.1, -0.05) is 42.5 Å². The lowest BCUT2D eigenvalue weighted by molar-refractivity contribution is 0.340. The Balaban J connectivity index is 1.37. The fourth-order valence-corrected chi connectivity index (χ4v) is 7.54. The standard InChI is InChI=1S/C50H47N3O4/c1-5-54-43-22-12-18-37(30-43)51(38-19-13-23-44(31-38)55-6-2)41-26-28-49-47(34-41)48-35-42(27-29-50(48)53(49)36-16-10-9-11-17-36)52(39-20-14-24-45(32-39)56-7-3)40-21-15-25-46(33-40)57-8-4/h9-35H,5-8H2,1-4H3. The number of aromatic nitrogens is 1. The summed E-state index contributed by atoms with van der Waals surface area (Å²) in [5.41, 5.74) is 9.24. The first-order chi connectivity index (χ1) is 28.1. The lowest BCUT2D eigenvalue weighted by Crippen LogP contribution is -2.10. The van der Waals surface area contributed by atoms with Crippen molar-refractivity contribution in [2.45, 2.75) is 27.7 Å². The molecule has 0 unspecified atom stereocenters. The number of hydrogen-bond acceptors (Lipinski definition) is 6. The van der Waals surface area contributed by atoms with Crippen molar-refractivity contribution in [3.05, 3.63) is 164 Å². The van der Waals surface area contributed by atoms with Crippen LogP contribution in [0.5, 0.6) is 23.0 Å². The second kappa shape index (κ2) is 16.9. The second-order valence-electron chi connectivity index (χ2n) is 13.5. The fraction of sp³-hybridized carbons (Fsp3) is 0.160. The van der Waals surface area contributed by atoms with Gasteiger partial charge in [-0.2, -0.15) is 0 Å². The molecule has 0 atom stereocenters. The van der Waals surface area contributed by atoms with Crippen LogP contribution in [0.2, 0.25) is 0 Å². The van der Waals surface area contributed by atoms with Gasteiger partial charge in [0.1, 0.15) is 23.0 Å². The predicted molar refractivity (Wildman–Crippen MR) is 235 cm³/mol. The van der Waals surface area contributed by atoms with Gasteiger partial charge in [-0.15, -0.1) is 0 Å². The van der Waals surface area contributed by atoms with E-state index in [9.17, 15) is 0 Å². The summed E-state index contributed by atoms with van der Waals surface area (Å²) < 4.78 is 26.3. The van der Waals surface area contributed by atoms with Crippen LogP contribution in [0.3, 0.4) is 0 Å². The third kappa shape index (κ3) is 7.69. The number of ether oxygens (including phenoxy) is 4. The summed E-state index contributed by atoms with van der Waals surface area (Å²) in [6.07, 6.45) is 0. The Bertz CT molecular complexity index is 2360. The van der Waals surface area contributed by atoms with Crippen LogP contribution in [0.25, 0.3) is 27.5 Å². The Morgan fingerprint density at radius 2 is 0.684 bits per heavy atom. The summed E-state index contributed by atoms with van der Waals surface area (Å²) in [6.45, 7) is 10.4. The van der Waals surface area contributed by atoms with Crippen LogP contribution in [-0.2, 0) is 0 Å². The topological polar surface area (TPSA) is 48.3 Å². The van der Waals surface area contributed by atoms with Crippen LogP contribution in [0.1, 0.15) is 27.7 Å². The summed E-state index contributed by atoms with van der Waals surface area (Å²) >= 11 is 0. The Hall–Kier alpha value is -6.86. The van der Waals surface area contributed by atoms with Crippen molar-refractivity contribution in [3.8, 4) is 28.7 Å². The highest BCUT2D eigenvalue weighted by molar-refractivity contribution is 6.12. The molecule has 8 rings (SSSR count). The highest BCUT2D eigenvalue weighted by Gasteiger charge is 2.21. The molecule has 0 fully saturated rings. The van der Waals surface area contributed by atoms with Crippen LogP contribution < -0.4 is 28.7 Å². The largest absolute Gasteiger partial charge is 0.494 e. The van der Waals surface area contributed by atoms with E-state index in [1.165, 1.54) is 0 Å². The molecule has 0 saturated carbocycles. The number of anilines is 6. The molecule has 57 heavy (non-hydrogen) atoms. The fourth-order valence-electron chi connectivity index (χ4n) is 7.54. The molecule has 8 aromatic rings. The van der Waals surface area contributed by atoms with Gasteiger partial charge in [0, 0.05) is 74.8 Å². The van der Waals surface area contributed by atoms with E-state index < -0.39 is 0 Å². The molecule has 1 heterocycles. The summed E-state index contributed by atoms with van der Waals surface area (Å²) in [5, 5.41) is 2.23. The molecular weight excluding hydrogens is 707 g/mol. The van der Waals surface area contributed by atoms with Crippen molar-refractivity contribution >= 4 is 55.9 Å². The van der Waals surface area contributed by atoms with Crippen molar-refractivity contribution in [2.24, 2.45) is 0 Å². The maximum absolute atomic E-state index is 5.99. The van der Waals surface area contributed by atoms with Gasteiger partial charge >= 0.3 is 0 Å². The minimum absolute atomic E-state index is 0.583. The van der Waals surface area contributed by atoms with E-state index in [-0.39, 0.29) is 0 Å². The predicted octanol–water partition coefficient (Wildman–Crippen LogP) is 13.3. The molecule has 0 amide bonds. The van der Waals surface area contributed by atoms with Crippen molar-refractivity contribution in [1.29, 1.82) is 0 Å². The first kappa shape index (κ1) is 37.1. The maximum atomic E-state index is 5.99. The molecule has 0 saturated heterocycles. The van der Waals surface area contributed by atoms with Crippen LogP contribution >= 0.6 is 0 Å². The summed E-state index contributed by atoms with van der Waals surface area (Å²) in [7, 11) is 0. The molecule has 0 radical (unpaired) electrons. The molecule has 7 heteroatoms. The third-order valence-corrected chi connectivity index (χ3v) is 9.81. The van der Waals surface area contributed by atoms with E-state index in [1.54, 1.807) is 0 Å². The highest BCUT2D eigenvalue weighted by atomic mass is 16.5. The normalized spacial score (nSPS) is 11.1. The number of para-hydroxylation sites is 1. The van der Waals surface area contributed by atoms with Gasteiger partial charge in [0.15, 0.2) is 0 Å². The number of rotatable bonds is 15. The molecule has 0 bridgehead atoms. The van der Waals surface area contributed by atoms with Crippen LogP contribution in [0.4, 0.5) is 34.1 Å². The number of nitrogens with zero attached hydrogens (tertiary/aromatic N) is 3. The molecule has 7 nitrogen and oxygen atoms in total. The van der Waals surface area contributed by atoms with Crippen molar-refractivity contribution in [2.75, 3.05) is 36.2 Å². The van der Waals surface area contributed by atoms with E-state index in [0.717, 1.165) is 84.6 Å². The number of hydrogen-bond donors (Lipinski definition) is 0. The van der Waals surface area contributed by atoms with Gasteiger partial charge in [-0.3, -0.25) is 0 Å². The molecule has 0 aliphatic rings. The minimum Gasteiger partial charge on any atom is -0.494 e.